The highest BCUT2D eigenvalue weighted by Crippen LogP contribution is 2.23. The zero-order valence-electron chi connectivity index (χ0n) is 16.5. The Hall–Kier alpha value is -3.98. The van der Waals surface area contributed by atoms with Gasteiger partial charge in [0, 0.05) is 23.9 Å². The van der Waals surface area contributed by atoms with Crippen LogP contribution in [-0.4, -0.2) is 31.6 Å². The first-order valence-electron chi connectivity index (χ1n) is 9.27. The SMILES string of the molecule is CN(c1ccccc1)S(=O)(=O)c1ccc(C(=O)Nc2cccc(-c3nnco3)c2)cc1. The number of nitrogens with one attached hydrogen (secondary N) is 1. The van der Waals surface area contributed by atoms with Gasteiger partial charge in [0.2, 0.25) is 12.3 Å². The first-order valence-corrected chi connectivity index (χ1v) is 10.7. The molecule has 0 unspecified atom stereocenters. The zero-order valence-corrected chi connectivity index (χ0v) is 17.3. The number of rotatable bonds is 6. The van der Waals surface area contributed by atoms with Crippen LogP contribution in [-0.2, 0) is 10.0 Å². The third-order valence-electron chi connectivity index (χ3n) is 4.62. The highest BCUT2D eigenvalue weighted by Gasteiger charge is 2.21. The van der Waals surface area contributed by atoms with Crippen LogP contribution in [0, 0.1) is 0 Å². The van der Waals surface area contributed by atoms with Crippen molar-refractivity contribution in [1.29, 1.82) is 0 Å². The van der Waals surface area contributed by atoms with E-state index in [0.29, 0.717) is 28.4 Å². The minimum absolute atomic E-state index is 0.0915. The van der Waals surface area contributed by atoms with Crippen LogP contribution in [0.5, 0.6) is 0 Å². The topological polar surface area (TPSA) is 105 Å². The molecule has 1 heterocycles. The maximum atomic E-state index is 12.9. The predicted octanol–water partition coefficient (Wildman–Crippen LogP) is 3.81. The highest BCUT2D eigenvalue weighted by atomic mass is 32.2. The van der Waals surface area contributed by atoms with E-state index >= 15 is 0 Å². The van der Waals surface area contributed by atoms with Crippen LogP contribution in [0.2, 0.25) is 0 Å². The number of amides is 1. The zero-order chi connectivity index (χ0) is 21.8. The summed E-state index contributed by atoms with van der Waals surface area (Å²) < 4.78 is 32.1. The third kappa shape index (κ3) is 4.31. The van der Waals surface area contributed by atoms with Gasteiger partial charge in [-0.15, -0.1) is 10.2 Å². The number of anilines is 2. The number of hydrogen-bond donors (Lipinski definition) is 1. The first kappa shape index (κ1) is 20.3. The summed E-state index contributed by atoms with van der Waals surface area (Å²) in [5.41, 5.74) is 2.08. The van der Waals surface area contributed by atoms with Crippen LogP contribution in [0.15, 0.2) is 94.6 Å². The van der Waals surface area contributed by atoms with E-state index in [2.05, 4.69) is 15.5 Å². The quantitative estimate of drug-likeness (QED) is 0.495. The molecule has 0 bridgehead atoms. The smallest absolute Gasteiger partial charge is 0.264 e. The Morgan fingerprint density at radius 3 is 2.39 bits per heavy atom. The van der Waals surface area contributed by atoms with E-state index in [9.17, 15) is 13.2 Å². The Labute approximate surface area is 179 Å². The number of sulfonamides is 1. The second-order valence-electron chi connectivity index (χ2n) is 6.61. The second-order valence-corrected chi connectivity index (χ2v) is 8.58. The van der Waals surface area contributed by atoms with Crippen molar-refractivity contribution in [2.45, 2.75) is 4.90 Å². The summed E-state index contributed by atoms with van der Waals surface area (Å²) in [7, 11) is -2.26. The number of hydrogen-bond acceptors (Lipinski definition) is 6. The molecule has 0 fully saturated rings. The van der Waals surface area contributed by atoms with Crippen molar-refractivity contribution in [1.82, 2.24) is 10.2 Å². The van der Waals surface area contributed by atoms with E-state index in [1.807, 2.05) is 6.07 Å². The number of carbonyl (C=O) groups excluding carboxylic acids is 1. The molecule has 1 amide bonds. The molecule has 0 saturated heterocycles. The van der Waals surface area contributed by atoms with Gasteiger partial charge in [-0.1, -0.05) is 24.3 Å². The molecule has 0 aliphatic rings. The van der Waals surface area contributed by atoms with Crippen LogP contribution in [0.25, 0.3) is 11.5 Å². The molecular formula is C22H18N4O4S. The van der Waals surface area contributed by atoms with E-state index in [1.165, 1.54) is 42.0 Å². The van der Waals surface area contributed by atoms with Gasteiger partial charge in [0.05, 0.1) is 10.6 Å². The lowest BCUT2D eigenvalue weighted by atomic mass is 10.1. The minimum Gasteiger partial charge on any atom is -0.423 e. The molecular weight excluding hydrogens is 416 g/mol. The summed E-state index contributed by atoms with van der Waals surface area (Å²) in [6.45, 7) is 0. The third-order valence-corrected chi connectivity index (χ3v) is 6.42. The molecule has 3 aromatic carbocycles. The van der Waals surface area contributed by atoms with Crippen molar-refractivity contribution < 1.29 is 17.6 Å². The highest BCUT2D eigenvalue weighted by molar-refractivity contribution is 7.92. The Bertz CT molecular complexity index is 1290. The van der Waals surface area contributed by atoms with E-state index in [4.69, 9.17) is 4.42 Å². The van der Waals surface area contributed by atoms with Gasteiger partial charge in [0.1, 0.15) is 0 Å². The van der Waals surface area contributed by atoms with Crippen LogP contribution >= 0.6 is 0 Å². The number of aromatic nitrogens is 2. The van der Waals surface area contributed by atoms with Gasteiger partial charge in [-0.3, -0.25) is 9.10 Å². The lowest BCUT2D eigenvalue weighted by Gasteiger charge is -2.19. The molecule has 0 atom stereocenters. The summed E-state index contributed by atoms with van der Waals surface area (Å²) in [5.74, 6) is -0.0313. The first-order chi connectivity index (χ1) is 14.9. The van der Waals surface area contributed by atoms with Crippen molar-refractivity contribution in [2.75, 3.05) is 16.7 Å². The maximum absolute atomic E-state index is 12.9. The second kappa shape index (κ2) is 8.41. The van der Waals surface area contributed by atoms with E-state index < -0.39 is 10.0 Å². The molecule has 0 aliphatic carbocycles. The summed E-state index contributed by atoms with van der Waals surface area (Å²) in [4.78, 5) is 12.7. The Morgan fingerprint density at radius 2 is 1.71 bits per heavy atom. The molecule has 4 aromatic rings. The maximum Gasteiger partial charge on any atom is 0.264 e. The average molecular weight is 434 g/mol. The molecule has 1 N–H and O–H groups in total. The molecule has 9 heteroatoms. The molecule has 1 aromatic heterocycles. The fourth-order valence-corrected chi connectivity index (χ4v) is 4.14. The fourth-order valence-electron chi connectivity index (χ4n) is 2.95. The van der Waals surface area contributed by atoms with Gasteiger partial charge in [-0.25, -0.2) is 8.42 Å². The molecule has 31 heavy (non-hydrogen) atoms. The van der Waals surface area contributed by atoms with Gasteiger partial charge in [-0.05, 0) is 54.6 Å². The summed E-state index contributed by atoms with van der Waals surface area (Å²) in [6, 6.07) is 21.5. The largest absolute Gasteiger partial charge is 0.423 e. The van der Waals surface area contributed by atoms with Crippen LogP contribution < -0.4 is 9.62 Å². The van der Waals surface area contributed by atoms with E-state index in [0.717, 1.165) is 0 Å². The summed E-state index contributed by atoms with van der Waals surface area (Å²) in [5, 5.41) is 10.3. The molecule has 0 aliphatic heterocycles. The van der Waals surface area contributed by atoms with Gasteiger partial charge in [0.15, 0.2) is 0 Å². The number of benzene rings is 3. The molecule has 8 nitrogen and oxygen atoms in total. The fraction of sp³-hybridized carbons (Fsp3) is 0.0455. The Kier molecular flexibility index (Phi) is 5.50. The predicted molar refractivity (Wildman–Crippen MR) is 116 cm³/mol. The van der Waals surface area contributed by atoms with Gasteiger partial charge in [-0.2, -0.15) is 0 Å². The number of para-hydroxylation sites is 1. The molecule has 0 saturated carbocycles. The van der Waals surface area contributed by atoms with Crippen molar-refractivity contribution in [3.63, 3.8) is 0 Å². The standard InChI is InChI=1S/C22H18N4O4S/c1-26(19-8-3-2-4-9-19)31(28,29)20-12-10-16(11-13-20)21(27)24-18-7-5-6-17(14-18)22-25-23-15-30-22/h2-15H,1H3,(H,24,27). The van der Waals surface area contributed by atoms with Crippen LogP contribution in [0.1, 0.15) is 10.4 Å². The van der Waals surface area contributed by atoms with E-state index in [1.54, 1.807) is 48.5 Å². The molecule has 0 spiro atoms. The Balaban J connectivity index is 1.50. The Morgan fingerprint density at radius 1 is 0.968 bits per heavy atom. The monoisotopic (exact) mass is 434 g/mol. The van der Waals surface area contributed by atoms with Crippen LogP contribution in [0.3, 0.4) is 0 Å². The normalized spacial score (nSPS) is 11.1. The molecule has 156 valence electrons. The van der Waals surface area contributed by atoms with Crippen LogP contribution in [0.4, 0.5) is 11.4 Å². The van der Waals surface area contributed by atoms with Gasteiger partial charge < -0.3 is 9.73 Å². The van der Waals surface area contributed by atoms with Gasteiger partial charge in [0.25, 0.3) is 15.9 Å². The average Bonchev–Trinajstić information content (AvgIpc) is 3.34. The van der Waals surface area contributed by atoms with Crippen molar-refractivity contribution in [2.24, 2.45) is 0 Å². The lowest BCUT2D eigenvalue weighted by molar-refractivity contribution is 0.102. The van der Waals surface area contributed by atoms with Crippen molar-refractivity contribution in [3.05, 3.63) is 90.8 Å². The summed E-state index contributed by atoms with van der Waals surface area (Å²) >= 11 is 0. The number of carbonyl (C=O) groups is 1. The lowest BCUT2D eigenvalue weighted by Crippen LogP contribution is -2.26. The molecule has 4 rings (SSSR count). The van der Waals surface area contributed by atoms with Crippen molar-refractivity contribution >= 4 is 27.3 Å². The van der Waals surface area contributed by atoms with Gasteiger partial charge >= 0.3 is 0 Å². The summed E-state index contributed by atoms with van der Waals surface area (Å²) in [6.07, 6.45) is 1.23. The molecule has 0 radical (unpaired) electrons. The minimum atomic E-state index is -3.75. The number of nitrogens with zero attached hydrogens (tertiary/aromatic N) is 3. The van der Waals surface area contributed by atoms with Crippen molar-refractivity contribution in [3.8, 4) is 11.5 Å². The van der Waals surface area contributed by atoms with E-state index in [-0.39, 0.29) is 10.8 Å².